The molecule has 0 heterocycles. The Morgan fingerprint density at radius 3 is 1.00 bits per heavy atom. The fourth-order valence-corrected chi connectivity index (χ4v) is 3.14. The second-order valence-electron chi connectivity index (χ2n) is 7.38. The maximum atomic E-state index is 2.35. The lowest BCUT2D eigenvalue weighted by molar-refractivity contribution is 0.577. The summed E-state index contributed by atoms with van der Waals surface area (Å²) in [4.78, 5) is 0. The van der Waals surface area contributed by atoms with Crippen LogP contribution >= 0.6 is 0 Å². The molecule has 0 aliphatic rings. The third kappa shape index (κ3) is 21.5. The summed E-state index contributed by atoms with van der Waals surface area (Å²) in [6.07, 6.45) is 34.4. The molecular weight excluding hydrogens is 288 g/mol. The molecule has 0 bridgehead atoms. The lowest BCUT2D eigenvalue weighted by Crippen LogP contribution is -1.80. The van der Waals surface area contributed by atoms with E-state index < -0.39 is 0 Å². The number of allylic oxidation sites excluding steroid dienone is 4. The normalized spacial score (nSPS) is 11.9. The summed E-state index contributed by atoms with van der Waals surface area (Å²) in [5.74, 6) is 0. The zero-order chi connectivity index (χ0) is 17.6. The van der Waals surface area contributed by atoms with E-state index >= 15 is 0 Å². The summed E-state index contributed by atoms with van der Waals surface area (Å²) in [6.45, 7) is 4.58. The van der Waals surface area contributed by atoms with Crippen LogP contribution in [0.3, 0.4) is 0 Å². The predicted molar refractivity (Wildman–Crippen MR) is 113 cm³/mol. The van der Waals surface area contributed by atoms with Crippen molar-refractivity contribution >= 4 is 0 Å². The van der Waals surface area contributed by atoms with Gasteiger partial charge in [0.1, 0.15) is 0 Å². The van der Waals surface area contributed by atoms with E-state index in [9.17, 15) is 0 Å². The highest BCUT2D eigenvalue weighted by molar-refractivity contribution is 5.02. The molecule has 0 unspecified atom stereocenters. The van der Waals surface area contributed by atoms with Gasteiger partial charge in [-0.25, -0.2) is 0 Å². The Morgan fingerprint density at radius 1 is 0.375 bits per heavy atom. The average Bonchev–Trinajstić information content (AvgIpc) is 2.60. The van der Waals surface area contributed by atoms with Gasteiger partial charge < -0.3 is 0 Å². The van der Waals surface area contributed by atoms with Gasteiger partial charge in [-0.2, -0.15) is 0 Å². The van der Waals surface area contributed by atoms with E-state index in [0.717, 1.165) is 0 Å². The van der Waals surface area contributed by atoms with Crippen LogP contribution in [0.25, 0.3) is 0 Å². The largest absolute Gasteiger partial charge is 0.0845 e. The minimum Gasteiger partial charge on any atom is -0.0845 e. The Bertz CT molecular complexity index is 233. The first-order valence-corrected chi connectivity index (χ1v) is 11.2. The molecule has 0 N–H and O–H groups in total. The monoisotopic (exact) mass is 334 g/mol. The molecule has 0 nitrogen and oxygen atoms in total. The Kier molecular flexibility index (Phi) is 22.0. The Morgan fingerprint density at radius 2 is 0.667 bits per heavy atom. The van der Waals surface area contributed by atoms with Gasteiger partial charge >= 0.3 is 0 Å². The molecule has 0 aliphatic heterocycles. The second-order valence-corrected chi connectivity index (χ2v) is 7.38. The van der Waals surface area contributed by atoms with E-state index in [0.29, 0.717) is 0 Å². The van der Waals surface area contributed by atoms with Gasteiger partial charge in [0.05, 0.1) is 0 Å². The molecule has 0 atom stereocenters. The summed E-state index contributed by atoms with van der Waals surface area (Å²) in [5.41, 5.74) is 0. The Hall–Kier alpha value is -0.520. The first kappa shape index (κ1) is 23.5. The molecule has 0 fully saturated rings. The summed E-state index contributed by atoms with van der Waals surface area (Å²) < 4.78 is 0. The van der Waals surface area contributed by atoms with E-state index in [1.807, 2.05) is 0 Å². The van der Waals surface area contributed by atoms with Crippen LogP contribution in [0.2, 0.25) is 0 Å². The van der Waals surface area contributed by atoms with Crippen LogP contribution in [0.15, 0.2) is 24.3 Å². The van der Waals surface area contributed by atoms with E-state index in [4.69, 9.17) is 0 Å². The molecule has 0 aromatic heterocycles. The zero-order valence-corrected chi connectivity index (χ0v) is 17.0. The smallest absolute Gasteiger partial charge is 0.0348 e. The Labute approximate surface area is 154 Å². The van der Waals surface area contributed by atoms with Gasteiger partial charge in [-0.3, -0.25) is 0 Å². The molecule has 0 rings (SSSR count). The van der Waals surface area contributed by atoms with Crippen molar-refractivity contribution in [2.75, 3.05) is 0 Å². The number of rotatable bonds is 19. The van der Waals surface area contributed by atoms with Crippen molar-refractivity contribution in [3.63, 3.8) is 0 Å². The van der Waals surface area contributed by atoms with Crippen molar-refractivity contribution in [2.45, 2.75) is 129 Å². The minimum absolute atomic E-state index is 1.26. The molecule has 0 saturated carbocycles. The van der Waals surface area contributed by atoms with Gasteiger partial charge in [-0.05, 0) is 25.7 Å². The van der Waals surface area contributed by atoms with Gasteiger partial charge in [0.2, 0.25) is 0 Å². The van der Waals surface area contributed by atoms with Crippen LogP contribution in [-0.2, 0) is 0 Å². The van der Waals surface area contributed by atoms with Gasteiger partial charge in [0, 0.05) is 0 Å². The highest BCUT2D eigenvalue weighted by Gasteiger charge is 1.91. The van der Waals surface area contributed by atoms with Crippen LogP contribution in [0, 0.1) is 0 Å². The van der Waals surface area contributed by atoms with Crippen molar-refractivity contribution in [3.05, 3.63) is 24.3 Å². The van der Waals surface area contributed by atoms with Crippen LogP contribution < -0.4 is 0 Å². The molecular formula is C24H46. The van der Waals surface area contributed by atoms with Crippen LogP contribution in [0.4, 0.5) is 0 Å². The topological polar surface area (TPSA) is 0 Å². The first-order chi connectivity index (χ1) is 11.9. The van der Waals surface area contributed by atoms with E-state index in [1.54, 1.807) is 0 Å². The quantitative estimate of drug-likeness (QED) is 0.163. The molecule has 0 spiro atoms. The summed E-state index contributed by atoms with van der Waals surface area (Å²) >= 11 is 0. The van der Waals surface area contributed by atoms with Crippen molar-refractivity contribution in [2.24, 2.45) is 0 Å². The molecule has 0 heteroatoms. The van der Waals surface area contributed by atoms with Gasteiger partial charge in [-0.1, -0.05) is 128 Å². The van der Waals surface area contributed by atoms with E-state index in [2.05, 4.69) is 38.2 Å². The highest BCUT2D eigenvalue weighted by atomic mass is 14.0. The predicted octanol–water partition coefficient (Wildman–Crippen LogP) is 9.16. The minimum atomic E-state index is 1.26. The third-order valence-corrected chi connectivity index (χ3v) is 4.83. The third-order valence-electron chi connectivity index (χ3n) is 4.83. The van der Waals surface area contributed by atoms with Crippen LogP contribution in [0.1, 0.15) is 129 Å². The van der Waals surface area contributed by atoms with Gasteiger partial charge in [0.15, 0.2) is 0 Å². The fraction of sp³-hybridized carbons (Fsp3) is 0.833. The first-order valence-electron chi connectivity index (χ1n) is 11.2. The van der Waals surface area contributed by atoms with Crippen LogP contribution in [0.5, 0.6) is 0 Å². The Balaban J connectivity index is 3.15. The molecule has 0 aromatic rings. The van der Waals surface area contributed by atoms with Crippen molar-refractivity contribution < 1.29 is 0 Å². The van der Waals surface area contributed by atoms with Gasteiger partial charge in [0.25, 0.3) is 0 Å². The molecule has 0 saturated heterocycles. The maximum Gasteiger partial charge on any atom is -0.0348 e. The standard InChI is InChI=1S/C24H46/c1-3-5-7-9-11-13-15-17-19-21-23-24-22-20-18-16-14-12-10-8-6-4-2/h21-24H,3-20H2,1-2H3/b23-21+,24-22+. The van der Waals surface area contributed by atoms with Crippen molar-refractivity contribution in [3.8, 4) is 0 Å². The zero-order valence-electron chi connectivity index (χ0n) is 17.0. The van der Waals surface area contributed by atoms with E-state index in [-0.39, 0.29) is 0 Å². The van der Waals surface area contributed by atoms with E-state index in [1.165, 1.54) is 116 Å². The van der Waals surface area contributed by atoms with Crippen LogP contribution in [-0.4, -0.2) is 0 Å². The lowest BCUT2D eigenvalue weighted by atomic mass is 10.1. The SMILES string of the molecule is CCCCCCCCCC/C=C/C=C/CCCCCCCCCC. The summed E-state index contributed by atoms with van der Waals surface area (Å²) in [7, 11) is 0. The molecule has 0 aromatic carbocycles. The molecule has 0 radical (unpaired) electrons. The van der Waals surface area contributed by atoms with Crippen molar-refractivity contribution in [1.82, 2.24) is 0 Å². The average molecular weight is 335 g/mol. The summed E-state index contributed by atoms with van der Waals surface area (Å²) in [6, 6.07) is 0. The molecule has 24 heavy (non-hydrogen) atoms. The van der Waals surface area contributed by atoms with Crippen molar-refractivity contribution in [1.29, 1.82) is 0 Å². The molecule has 142 valence electrons. The number of hydrogen-bond donors (Lipinski definition) is 0. The fourth-order valence-electron chi connectivity index (χ4n) is 3.14. The lowest BCUT2D eigenvalue weighted by Gasteiger charge is -1.99. The number of unbranched alkanes of at least 4 members (excludes halogenated alkanes) is 16. The second kappa shape index (κ2) is 22.5. The number of hydrogen-bond acceptors (Lipinski definition) is 0. The highest BCUT2D eigenvalue weighted by Crippen LogP contribution is 2.11. The molecule has 0 amide bonds. The molecule has 0 aliphatic carbocycles. The maximum absolute atomic E-state index is 2.35. The van der Waals surface area contributed by atoms with Gasteiger partial charge in [-0.15, -0.1) is 0 Å². The summed E-state index contributed by atoms with van der Waals surface area (Å²) in [5, 5.41) is 0.